The molecule has 0 amide bonds. The first kappa shape index (κ1) is 12.8. The van der Waals surface area contributed by atoms with Crippen LogP contribution in [0, 0.1) is 30.4 Å². The van der Waals surface area contributed by atoms with Gasteiger partial charge in [0.15, 0.2) is 5.82 Å². The van der Waals surface area contributed by atoms with Gasteiger partial charge in [-0.1, -0.05) is 11.8 Å². The van der Waals surface area contributed by atoms with Crippen LogP contribution >= 0.6 is 0 Å². The Hall–Kier alpha value is -2.61. The molecular formula is C14H11F2N3. The predicted molar refractivity (Wildman–Crippen MR) is 70.1 cm³/mol. The summed E-state index contributed by atoms with van der Waals surface area (Å²) in [6.07, 6.45) is 1.46. The number of hydrogen-bond donors (Lipinski definition) is 2. The van der Waals surface area contributed by atoms with Gasteiger partial charge in [0.1, 0.15) is 11.6 Å². The highest BCUT2D eigenvalue weighted by atomic mass is 19.1. The number of nitrogen functional groups attached to an aromatic ring is 2. The molecule has 0 saturated heterocycles. The molecule has 4 N–H and O–H groups in total. The lowest BCUT2D eigenvalue weighted by Crippen LogP contribution is -1.97. The Bertz CT molecular complexity index is 700. The van der Waals surface area contributed by atoms with Gasteiger partial charge in [-0.3, -0.25) is 0 Å². The molecule has 2 rings (SSSR count). The normalized spacial score (nSPS) is 9.84. The monoisotopic (exact) mass is 259 g/mol. The zero-order valence-electron chi connectivity index (χ0n) is 10.2. The van der Waals surface area contributed by atoms with Crippen molar-refractivity contribution in [2.45, 2.75) is 6.92 Å². The zero-order valence-corrected chi connectivity index (χ0v) is 10.2. The first-order valence-corrected chi connectivity index (χ1v) is 5.46. The van der Waals surface area contributed by atoms with Gasteiger partial charge >= 0.3 is 0 Å². The third-order valence-electron chi connectivity index (χ3n) is 2.58. The minimum Gasteiger partial charge on any atom is -0.396 e. The summed E-state index contributed by atoms with van der Waals surface area (Å²) < 4.78 is 27.1. The van der Waals surface area contributed by atoms with E-state index in [2.05, 4.69) is 16.8 Å². The summed E-state index contributed by atoms with van der Waals surface area (Å²) in [5.74, 6) is 3.86. The van der Waals surface area contributed by atoms with Crippen LogP contribution in [0.1, 0.15) is 16.7 Å². The van der Waals surface area contributed by atoms with Crippen LogP contribution < -0.4 is 11.5 Å². The summed E-state index contributed by atoms with van der Waals surface area (Å²) in [5.41, 5.74) is 11.7. The summed E-state index contributed by atoms with van der Waals surface area (Å²) in [6, 6.07) is 3.87. The van der Waals surface area contributed by atoms with Crippen LogP contribution in [0.15, 0.2) is 24.4 Å². The van der Waals surface area contributed by atoms with Gasteiger partial charge in [-0.15, -0.1) is 0 Å². The molecule has 0 aliphatic carbocycles. The smallest absolute Gasteiger partial charge is 0.164 e. The van der Waals surface area contributed by atoms with Crippen LogP contribution in [-0.2, 0) is 0 Å². The zero-order chi connectivity index (χ0) is 14.0. The number of anilines is 2. The number of halogens is 2. The maximum absolute atomic E-state index is 13.6. The van der Waals surface area contributed by atoms with Crippen molar-refractivity contribution >= 4 is 11.5 Å². The van der Waals surface area contributed by atoms with E-state index in [1.807, 2.05) is 0 Å². The molecule has 0 aliphatic rings. The Kier molecular flexibility index (Phi) is 3.34. The number of benzene rings is 1. The summed E-state index contributed by atoms with van der Waals surface area (Å²) in [5, 5.41) is 0. The number of nitrogens with two attached hydrogens (primary N) is 2. The molecular weight excluding hydrogens is 248 g/mol. The average Bonchev–Trinajstić information content (AvgIpc) is 2.36. The van der Waals surface area contributed by atoms with Crippen molar-refractivity contribution in [2.24, 2.45) is 0 Å². The standard InChI is InChI=1S/C14H11F2N3/c1-8-6-13(18)19-7-9(8)2-3-10-11(15)4-5-12(17)14(10)16/h4-7H,17H2,1H3,(H2,18,19). The fourth-order valence-corrected chi connectivity index (χ4v) is 1.52. The summed E-state index contributed by atoms with van der Waals surface area (Å²) in [4.78, 5) is 3.88. The number of hydrogen-bond acceptors (Lipinski definition) is 3. The maximum Gasteiger partial charge on any atom is 0.164 e. The van der Waals surface area contributed by atoms with E-state index < -0.39 is 11.6 Å². The fourth-order valence-electron chi connectivity index (χ4n) is 1.52. The van der Waals surface area contributed by atoms with Gasteiger partial charge in [-0.2, -0.15) is 0 Å². The van der Waals surface area contributed by atoms with Gasteiger partial charge in [0.2, 0.25) is 0 Å². The average molecular weight is 259 g/mol. The lowest BCUT2D eigenvalue weighted by atomic mass is 10.1. The molecule has 1 aromatic heterocycles. The highest BCUT2D eigenvalue weighted by molar-refractivity contribution is 5.53. The molecule has 19 heavy (non-hydrogen) atoms. The Balaban J connectivity index is 2.48. The highest BCUT2D eigenvalue weighted by Gasteiger charge is 2.09. The third kappa shape index (κ3) is 2.63. The van der Waals surface area contributed by atoms with Gasteiger partial charge in [0, 0.05) is 11.8 Å². The SMILES string of the molecule is Cc1cc(N)ncc1C#Cc1c(F)ccc(N)c1F. The molecule has 0 fully saturated rings. The van der Waals surface area contributed by atoms with E-state index >= 15 is 0 Å². The molecule has 0 aliphatic heterocycles. The lowest BCUT2D eigenvalue weighted by Gasteiger charge is -2.01. The first-order valence-electron chi connectivity index (χ1n) is 5.46. The topological polar surface area (TPSA) is 64.9 Å². The largest absolute Gasteiger partial charge is 0.396 e. The Labute approximate surface area is 109 Å². The van der Waals surface area contributed by atoms with Crippen LogP contribution in [0.5, 0.6) is 0 Å². The predicted octanol–water partition coefficient (Wildman–Crippen LogP) is 2.23. The highest BCUT2D eigenvalue weighted by Crippen LogP contribution is 2.17. The van der Waals surface area contributed by atoms with Crippen LogP contribution in [0.2, 0.25) is 0 Å². The van der Waals surface area contributed by atoms with Crippen molar-refractivity contribution in [3.8, 4) is 11.8 Å². The fraction of sp³-hybridized carbons (Fsp3) is 0.0714. The van der Waals surface area contributed by atoms with E-state index in [4.69, 9.17) is 11.5 Å². The molecule has 0 spiro atoms. The molecule has 1 aromatic carbocycles. The van der Waals surface area contributed by atoms with Gasteiger partial charge < -0.3 is 11.5 Å². The maximum atomic E-state index is 13.6. The number of pyridine rings is 1. The molecule has 5 heteroatoms. The number of aryl methyl sites for hydroxylation is 1. The van der Waals surface area contributed by atoms with E-state index in [1.54, 1.807) is 13.0 Å². The summed E-state index contributed by atoms with van der Waals surface area (Å²) >= 11 is 0. The summed E-state index contributed by atoms with van der Waals surface area (Å²) in [7, 11) is 0. The molecule has 0 radical (unpaired) electrons. The van der Waals surface area contributed by atoms with E-state index in [9.17, 15) is 8.78 Å². The van der Waals surface area contributed by atoms with E-state index in [0.717, 1.165) is 17.7 Å². The molecule has 0 saturated carbocycles. The Morgan fingerprint density at radius 3 is 2.58 bits per heavy atom. The van der Waals surface area contributed by atoms with Crippen molar-refractivity contribution in [1.29, 1.82) is 0 Å². The molecule has 1 heterocycles. The molecule has 0 unspecified atom stereocenters. The number of nitrogens with zero attached hydrogens (tertiary/aromatic N) is 1. The van der Waals surface area contributed by atoms with Crippen molar-refractivity contribution in [2.75, 3.05) is 11.5 Å². The number of aromatic nitrogens is 1. The van der Waals surface area contributed by atoms with E-state index in [1.165, 1.54) is 6.20 Å². The van der Waals surface area contributed by atoms with E-state index in [0.29, 0.717) is 11.4 Å². The molecule has 96 valence electrons. The minimum atomic E-state index is -0.853. The Morgan fingerprint density at radius 2 is 1.89 bits per heavy atom. The van der Waals surface area contributed by atoms with Crippen molar-refractivity contribution in [1.82, 2.24) is 4.98 Å². The minimum absolute atomic E-state index is 0.141. The Morgan fingerprint density at radius 1 is 1.16 bits per heavy atom. The first-order chi connectivity index (χ1) is 8.99. The van der Waals surface area contributed by atoms with E-state index in [-0.39, 0.29) is 11.3 Å². The summed E-state index contributed by atoms with van der Waals surface area (Å²) in [6.45, 7) is 1.79. The van der Waals surface area contributed by atoms with Crippen LogP contribution in [0.4, 0.5) is 20.3 Å². The number of rotatable bonds is 0. The molecule has 2 aromatic rings. The van der Waals surface area contributed by atoms with Crippen LogP contribution in [0.25, 0.3) is 0 Å². The third-order valence-corrected chi connectivity index (χ3v) is 2.58. The van der Waals surface area contributed by atoms with Crippen molar-refractivity contribution in [3.63, 3.8) is 0 Å². The molecule has 0 bridgehead atoms. The molecule has 3 nitrogen and oxygen atoms in total. The van der Waals surface area contributed by atoms with Crippen molar-refractivity contribution < 1.29 is 8.78 Å². The quantitative estimate of drug-likeness (QED) is 0.563. The van der Waals surface area contributed by atoms with Crippen LogP contribution in [-0.4, -0.2) is 4.98 Å². The van der Waals surface area contributed by atoms with Crippen molar-refractivity contribution in [3.05, 3.63) is 52.7 Å². The van der Waals surface area contributed by atoms with Gasteiger partial charge in [-0.05, 0) is 30.7 Å². The van der Waals surface area contributed by atoms with Crippen LogP contribution in [0.3, 0.4) is 0 Å². The molecule has 0 atom stereocenters. The van der Waals surface area contributed by atoms with Gasteiger partial charge in [0.25, 0.3) is 0 Å². The lowest BCUT2D eigenvalue weighted by molar-refractivity contribution is 0.580. The second-order valence-corrected chi connectivity index (χ2v) is 4.00. The second kappa shape index (κ2) is 4.94. The van der Waals surface area contributed by atoms with Gasteiger partial charge in [-0.25, -0.2) is 13.8 Å². The second-order valence-electron chi connectivity index (χ2n) is 4.00. The van der Waals surface area contributed by atoms with Gasteiger partial charge in [0.05, 0.1) is 11.3 Å².